The lowest BCUT2D eigenvalue weighted by Crippen LogP contribution is -2.37. The maximum Gasteiger partial charge on any atom is 0.0644 e. The molecule has 1 aromatic heterocycles. The number of aromatic nitrogens is 2. The van der Waals surface area contributed by atoms with Gasteiger partial charge in [-0.15, -0.1) is 0 Å². The predicted octanol–water partition coefficient (Wildman–Crippen LogP) is 2.81. The molecule has 1 aliphatic heterocycles. The van der Waals surface area contributed by atoms with E-state index >= 15 is 0 Å². The SMILES string of the molecule is Cc1nn(C)c(C)c1C(C)NCC(C)CN1CCCCC1. The van der Waals surface area contributed by atoms with Gasteiger partial charge in [0.1, 0.15) is 0 Å². The van der Waals surface area contributed by atoms with Crippen molar-refractivity contribution in [1.82, 2.24) is 20.0 Å². The van der Waals surface area contributed by atoms with Gasteiger partial charge in [0.2, 0.25) is 0 Å². The maximum absolute atomic E-state index is 4.52. The van der Waals surface area contributed by atoms with E-state index in [1.807, 2.05) is 11.7 Å². The van der Waals surface area contributed by atoms with Gasteiger partial charge in [0.25, 0.3) is 0 Å². The summed E-state index contributed by atoms with van der Waals surface area (Å²) in [5.74, 6) is 0.697. The third kappa shape index (κ3) is 4.30. The first-order chi connectivity index (χ1) is 9.99. The molecule has 1 aromatic rings. The van der Waals surface area contributed by atoms with E-state index in [1.165, 1.54) is 50.2 Å². The van der Waals surface area contributed by atoms with Crippen LogP contribution in [0.3, 0.4) is 0 Å². The first kappa shape index (κ1) is 16.5. The molecule has 0 amide bonds. The molecule has 1 saturated heterocycles. The zero-order valence-corrected chi connectivity index (χ0v) is 14.4. The third-order valence-corrected chi connectivity index (χ3v) is 4.79. The largest absolute Gasteiger partial charge is 0.310 e. The minimum absolute atomic E-state index is 0.377. The lowest BCUT2D eigenvalue weighted by molar-refractivity contribution is 0.197. The van der Waals surface area contributed by atoms with Crippen LogP contribution in [0.2, 0.25) is 0 Å². The zero-order chi connectivity index (χ0) is 15.4. The molecule has 1 N–H and O–H groups in total. The first-order valence-electron chi connectivity index (χ1n) is 8.45. The molecule has 0 radical (unpaired) electrons. The molecular formula is C17H32N4. The summed E-state index contributed by atoms with van der Waals surface area (Å²) in [7, 11) is 2.03. The molecule has 2 atom stereocenters. The summed E-state index contributed by atoms with van der Waals surface area (Å²) in [4.78, 5) is 2.63. The van der Waals surface area contributed by atoms with E-state index < -0.39 is 0 Å². The number of nitrogens with zero attached hydrogens (tertiary/aromatic N) is 3. The average Bonchev–Trinajstić information content (AvgIpc) is 2.71. The van der Waals surface area contributed by atoms with Crippen molar-refractivity contribution < 1.29 is 0 Å². The second kappa shape index (κ2) is 7.41. The van der Waals surface area contributed by atoms with Gasteiger partial charge in [-0.25, -0.2) is 0 Å². The number of hydrogen-bond acceptors (Lipinski definition) is 3. The molecule has 0 spiro atoms. The number of likely N-dealkylation sites (tertiary alicyclic amines) is 1. The van der Waals surface area contributed by atoms with Crippen LogP contribution in [0.15, 0.2) is 0 Å². The zero-order valence-electron chi connectivity index (χ0n) is 14.4. The standard InChI is InChI=1S/C17H32N4/c1-13(12-21-9-7-6-8-10-21)11-18-14(2)17-15(3)19-20(5)16(17)4/h13-14,18H,6-12H2,1-5H3. The van der Waals surface area contributed by atoms with E-state index in [4.69, 9.17) is 0 Å². The van der Waals surface area contributed by atoms with Crippen molar-refractivity contribution in [3.8, 4) is 0 Å². The van der Waals surface area contributed by atoms with Crippen molar-refractivity contribution in [3.05, 3.63) is 17.0 Å². The molecule has 21 heavy (non-hydrogen) atoms. The Balaban J connectivity index is 1.81. The Morgan fingerprint density at radius 2 is 1.81 bits per heavy atom. The Morgan fingerprint density at radius 1 is 1.14 bits per heavy atom. The van der Waals surface area contributed by atoms with Crippen LogP contribution in [0.4, 0.5) is 0 Å². The van der Waals surface area contributed by atoms with Gasteiger partial charge in [-0.1, -0.05) is 13.3 Å². The molecule has 1 aliphatic rings. The molecule has 2 rings (SSSR count). The average molecular weight is 292 g/mol. The van der Waals surface area contributed by atoms with Crippen molar-refractivity contribution in [2.75, 3.05) is 26.2 Å². The summed E-state index contributed by atoms with van der Waals surface area (Å²) in [6.45, 7) is 13.8. The summed E-state index contributed by atoms with van der Waals surface area (Å²) >= 11 is 0. The van der Waals surface area contributed by atoms with Crippen LogP contribution >= 0.6 is 0 Å². The second-order valence-corrected chi connectivity index (χ2v) is 6.80. The second-order valence-electron chi connectivity index (χ2n) is 6.80. The molecule has 1 fully saturated rings. The van der Waals surface area contributed by atoms with E-state index in [0.717, 1.165) is 12.2 Å². The number of nitrogens with one attached hydrogen (secondary N) is 1. The van der Waals surface area contributed by atoms with Crippen LogP contribution < -0.4 is 5.32 Å². The van der Waals surface area contributed by atoms with Gasteiger partial charge in [0.15, 0.2) is 0 Å². The minimum atomic E-state index is 0.377. The van der Waals surface area contributed by atoms with E-state index in [-0.39, 0.29) is 0 Å². The number of hydrogen-bond donors (Lipinski definition) is 1. The molecule has 0 aromatic carbocycles. The van der Waals surface area contributed by atoms with E-state index in [9.17, 15) is 0 Å². The summed E-state index contributed by atoms with van der Waals surface area (Å²) in [5, 5.41) is 8.22. The molecule has 0 aliphatic carbocycles. The monoisotopic (exact) mass is 292 g/mol. The van der Waals surface area contributed by atoms with Crippen LogP contribution in [0.1, 0.15) is 56.1 Å². The summed E-state index contributed by atoms with van der Waals surface area (Å²) in [6.07, 6.45) is 4.18. The molecule has 4 nitrogen and oxygen atoms in total. The third-order valence-electron chi connectivity index (χ3n) is 4.79. The highest BCUT2D eigenvalue weighted by Gasteiger charge is 2.18. The highest BCUT2D eigenvalue weighted by molar-refractivity contribution is 5.27. The molecule has 2 unspecified atom stereocenters. The highest BCUT2D eigenvalue weighted by Crippen LogP contribution is 2.21. The van der Waals surface area contributed by atoms with E-state index in [2.05, 4.69) is 43.0 Å². The van der Waals surface area contributed by atoms with Crippen molar-refractivity contribution in [2.45, 2.75) is 53.0 Å². The van der Waals surface area contributed by atoms with Gasteiger partial charge in [-0.3, -0.25) is 4.68 Å². The Labute approximate surface area is 129 Å². The Bertz CT molecular complexity index is 446. The van der Waals surface area contributed by atoms with Crippen LogP contribution in [-0.2, 0) is 7.05 Å². The fraction of sp³-hybridized carbons (Fsp3) is 0.824. The van der Waals surface area contributed by atoms with Gasteiger partial charge in [0.05, 0.1) is 5.69 Å². The lowest BCUT2D eigenvalue weighted by Gasteiger charge is -2.29. The van der Waals surface area contributed by atoms with Crippen LogP contribution in [-0.4, -0.2) is 40.9 Å². The number of aryl methyl sites for hydroxylation is 2. The predicted molar refractivity (Wildman–Crippen MR) is 88.6 cm³/mol. The highest BCUT2D eigenvalue weighted by atomic mass is 15.3. The molecule has 120 valence electrons. The van der Waals surface area contributed by atoms with E-state index in [0.29, 0.717) is 12.0 Å². The molecule has 4 heteroatoms. The summed E-state index contributed by atoms with van der Waals surface area (Å²) in [6, 6.07) is 0.377. The number of rotatable bonds is 6. The fourth-order valence-electron chi connectivity index (χ4n) is 3.54. The fourth-order valence-corrected chi connectivity index (χ4v) is 3.54. The maximum atomic E-state index is 4.52. The number of piperidine rings is 1. The van der Waals surface area contributed by atoms with Crippen molar-refractivity contribution in [1.29, 1.82) is 0 Å². The quantitative estimate of drug-likeness (QED) is 0.875. The van der Waals surface area contributed by atoms with Gasteiger partial charge in [-0.05, 0) is 59.2 Å². The van der Waals surface area contributed by atoms with Crippen molar-refractivity contribution >= 4 is 0 Å². The van der Waals surface area contributed by atoms with Gasteiger partial charge in [-0.2, -0.15) is 5.10 Å². The normalized spacial score (nSPS) is 19.7. The van der Waals surface area contributed by atoms with E-state index in [1.54, 1.807) is 0 Å². The van der Waals surface area contributed by atoms with Crippen LogP contribution in [0, 0.1) is 19.8 Å². The molecule has 2 heterocycles. The smallest absolute Gasteiger partial charge is 0.0644 e. The van der Waals surface area contributed by atoms with Crippen molar-refractivity contribution in [2.24, 2.45) is 13.0 Å². The van der Waals surface area contributed by atoms with Crippen LogP contribution in [0.5, 0.6) is 0 Å². The van der Waals surface area contributed by atoms with Crippen LogP contribution in [0.25, 0.3) is 0 Å². The van der Waals surface area contributed by atoms with Gasteiger partial charge in [0, 0.05) is 30.9 Å². The Kier molecular flexibility index (Phi) is 5.82. The topological polar surface area (TPSA) is 33.1 Å². The van der Waals surface area contributed by atoms with Gasteiger partial charge < -0.3 is 10.2 Å². The van der Waals surface area contributed by atoms with Crippen molar-refractivity contribution in [3.63, 3.8) is 0 Å². The molecular weight excluding hydrogens is 260 g/mol. The molecule has 0 saturated carbocycles. The first-order valence-corrected chi connectivity index (χ1v) is 8.45. The Hall–Kier alpha value is -0.870. The molecule has 0 bridgehead atoms. The summed E-state index contributed by atoms with van der Waals surface area (Å²) < 4.78 is 1.99. The minimum Gasteiger partial charge on any atom is -0.310 e. The van der Waals surface area contributed by atoms with Gasteiger partial charge >= 0.3 is 0 Å². The summed E-state index contributed by atoms with van der Waals surface area (Å²) in [5.41, 5.74) is 3.79. The lowest BCUT2D eigenvalue weighted by atomic mass is 10.0. The Morgan fingerprint density at radius 3 is 2.38 bits per heavy atom.